The van der Waals surface area contributed by atoms with E-state index in [9.17, 15) is 0 Å². The zero-order valence-corrected chi connectivity index (χ0v) is 20.5. The second kappa shape index (κ2) is 34.9. The molecule has 170 valence electrons. The summed E-state index contributed by atoms with van der Waals surface area (Å²) in [4.78, 5) is 0. The smallest absolute Gasteiger partial charge is 0.0428 e. The number of rotatable bonds is 11. The summed E-state index contributed by atoms with van der Waals surface area (Å²) in [5.41, 5.74) is 2.48. The molecule has 6 heteroatoms. The summed E-state index contributed by atoms with van der Waals surface area (Å²) in [5.74, 6) is 0. The van der Waals surface area contributed by atoms with E-state index in [1.54, 1.807) is 0 Å². The molecule has 5 N–H and O–H groups in total. The third-order valence-electron chi connectivity index (χ3n) is 3.05. The zero-order chi connectivity index (χ0) is 21.9. The predicted molar refractivity (Wildman–Crippen MR) is 123 cm³/mol. The number of aliphatic hydroxyl groups is 3. The molecule has 0 unspecified atom stereocenters. The Balaban J connectivity index is -0.000000199. The minimum Gasteiger partial charge on any atom is -0.396 e. The summed E-state index contributed by atoms with van der Waals surface area (Å²) in [7, 11) is 0. The van der Waals surface area contributed by atoms with Gasteiger partial charge in [0.15, 0.2) is 0 Å². The maximum absolute atomic E-state index is 7.88. The van der Waals surface area contributed by atoms with E-state index in [1.165, 1.54) is 11.1 Å². The molecule has 0 bridgehead atoms. The van der Waals surface area contributed by atoms with E-state index < -0.39 is 0 Å². The minimum absolute atomic E-state index is 0. The fourth-order valence-electron chi connectivity index (χ4n) is 1.43. The molecule has 0 atom stereocenters. The van der Waals surface area contributed by atoms with E-state index in [1.807, 2.05) is 26.8 Å². The van der Waals surface area contributed by atoms with Gasteiger partial charge in [-0.3, -0.25) is 0 Å². The van der Waals surface area contributed by atoms with Gasteiger partial charge in [0.05, 0.1) is 0 Å². The summed E-state index contributed by atoms with van der Waals surface area (Å²) < 4.78 is 0. The Morgan fingerprint density at radius 2 is 1.24 bits per heavy atom. The van der Waals surface area contributed by atoms with Gasteiger partial charge in [0, 0.05) is 61.2 Å². The predicted octanol–water partition coefficient (Wildman–Crippen LogP) is 3.40. The van der Waals surface area contributed by atoms with Gasteiger partial charge >= 0.3 is 0 Å². The molecule has 0 fully saturated rings. The number of hydrogen-bond acceptors (Lipinski definition) is 5. The minimum atomic E-state index is 0. The molecule has 1 aromatic carbocycles. The first-order valence-electron chi connectivity index (χ1n) is 10.4. The van der Waals surface area contributed by atoms with Crippen molar-refractivity contribution in [2.45, 2.75) is 53.0 Å². The third kappa shape index (κ3) is 35.3. The van der Waals surface area contributed by atoms with Crippen molar-refractivity contribution in [1.82, 2.24) is 10.6 Å². The first kappa shape index (κ1) is 35.9. The molecule has 0 heterocycles. The van der Waals surface area contributed by atoms with Crippen LogP contribution < -0.4 is 10.6 Å². The SMILES string of the molecule is C=Cc1ccc(CNCCNCC[CH2-])cc1.CCCO.CCCO.CCCO.[Ti]. The Hall–Kier alpha value is -0.526. The van der Waals surface area contributed by atoms with Crippen molar-refractivity contribution in [3.05, 3.63) is 48.9 Å². The van der Waals surface area contributed by atoms with Crippen LogP contribution >= 0.6 is 0 Å². The molecule has 0 aromatic heterocycles. The Morgan fingerprint density at radius 1 is 0.828 bits per heavy atom. The summed E-state index contributed by atoms with van der Waals surface area (Å²) in [6.07, 6.45) is 5.43. The zero-order valence-electron chi connectivity index (χ0n) is 18.9. The molecule has 0 amide bonds. The van der Waals surface area contributed by atoms with Crippen LogP contribution in [0.25, 0.3) is 6.08 Å². The van der Waals surface area contributed by atoms with E-state index in [0.717, 1.165) is 51.9 Å². The Labute approximate surface area is 194 Å². The monoisotopic (exact) mass is 445 g/mol. The van der Waals surface area contributed by atoms with Crippen LogP contribution in [0.15, 0.2) is 30.8 Å². The van der Waals surface area contributed by atoms with Crippen molar-refractivity contribution >= 4 is 6.08 Å². The largest absolute Gasteiger partial charge is 0.396 e. The molecule has 5 nitrogen and oxygen atoms in total. The van der Waals surface area contributed by atoms with Gasteiger partial charge in [-0.1, -0.05) is 57.7 Å². The van der Waals surface area contributed by atoms with Crippen LogP contribution in [0.3, 0.4) is 0 Å². The van der Waals surface area contributed by atoms with Crippen molar-refractivity contribution in [2.24, 2.45) is 0 Å². The first-order valence-corrected chi connectivity index (χ1v) is 10.4. The van der Waals surface area contributed by atoms with Crippen molar-refractivity contribution in [1.29, 1.82) is 0 Å². The number of aliphatic hydroxyl groups excluding tert-OH is 3. The van der Waals surface area contributed by atoms with Gasteiger partial charge < -0.3 is 32.9 Å². The normalized spacial score (nSPS) is 8.79. The van der Waals surface area contributed by atoms with Crippen LogP contribution in [0, 0.1) is 6.92 Å². The second-order valence-corrected chi connectivity index (χ2v) is 5.90. The van der Waals surface area contributed by atoms with E-state index in [0.29, 0.717) is 19.8 Å². The summed E-state index contributed by atoms with van der Waals surface area (Å²) in [5, 5.41) is 30.3. The quantitative estimate of drug-likeness (QED) is 0.205. The van der Waals surface area contributed by atoms with E-state index in [4.69, 9.17) is 15.3 Å². The van der Waals surface area contributed by atoms with Crippen LogP contribution in [0.4, 0.5) is 0 Å². The standard InChI is InChI=1S/C14H21N2.3C3H8O.Ti/c1-3-9-15-10-11-16-12-14-7-5-13(4-2)6-8-14;3*1-2-3-4;/h4-8,15-16H,1-3,9-12H2;3*4H,2-3H2,1H3;/q-1;;;;. The van der Waals surface area contributed by atoms with Crippen molar-refractivity contribution in [2.75, 3.05) is 39.5 Å². The van der Waals surface area contributed by atoms with Gasteiger partial charge in [-0.15, -0.1) is 0 Å². The molecule has 1 aromatic rings. The maximum atomic E-state index is 7.88. The van der Waals surface area contributed by atoms with Gasteiger partial charge in [0.2, 0.25) is 0 Å². The van der Waals surface area contributed by atoms with Gasteiger partial charge in [0.1, 0.15) is 0 Å². The van der Waals surface area contributed by atoms with Gasteiger partial charge in [0.25, 0.3) is 0 Å². The molecular formula is C23H45N2O3Ti-. The number of benzene rings is 1. The molecule has 29 heavy (non-hydrogen) atoms. The first-order chi connectivity index (χ1) is 13.6. The Kier molecular flexibility index (Phi) is 43.2. The Bertz CT molecular complexity index is 375. The molecule has 0 saturated carbocycles. The van der Waals surface area contributed by atoms with Crippen LogP contribution in [0.1, 0.15) is 57.6 Å². The van der Waals surface area contributed by atoms with Gasteiger partial charge in [-0.2, -0.15) is 6.42 Å². The maximum Gasteiger partial charge on any atom is 0.0428 e. The molecule has 0 spiro atoms. The van der Waals surface area contributed by atoms with Crippen molar-refractivity contribution in [3.63, 3.8) is 0 Å². The summed E-state index contributed by atoms with van der Waals surface area (Å²) in [6.45, 7) is 18.2. The average molecular weight is 445 g/mol. The molecule has 1 rings (SSSR count). The molecule has 0 radical (unpaired) electrons. The molecular weight excluding hydrogens is 400 g/mol. The number of hydrogen-bond donors (Lipinski definition) is 5. The molecule has 0 saturated heterocycles. The fourth-order valence-corrected chi connectivity index (χ4v) is 1.43. The molecule has 0 aliphatic carbocycles. The molecule has 0 aliphatic heterocycles. The fraction of sp³-hybridized carbons (Fsp3) is 0.609. The summed E-state index contributed by atoms with van der Waals surface area (Å²) in [6, 6.07) is 8.44. The van der Waals surface area contributed by atoms with Gasteiger partial charge in [-0.05, 0) is 36.9 Å². The van der Waals surface area contributed by atoms with E-state index in [-0.39, 0.29) is 21.7 Å². The topological polar surface area (TPSA) is 84.8 Å². The molecule has 0 aliphatic rings. The van der Waals surface area contributed by atoms with Crippen molar-refractivity contribution in [3.8, 4) is 0 Å². The number of nitrogens with one attached hydrogen (secondary N) is 2. The van der Waals surface area contributed by atoms with Crippen molar-refractivity contribution < 1.29 is 37.0 Å². The van der Waals surface area contributed by atoms with Crippen LogP contribution in [0.2, 0.25) is 0 Å². The van der Waals surface area contributed by atoms with Crippen LogP contribution in [0.5, 0.6) is 0 Å². The van der Waals surface area contributed by atoms with E-state index >= 15 is 0 Å². The van der Waals surface area contributed by atoms with Crippen LogP contribution in [-0.2, 0) is 28.3 Å². The summed E-state index contributed by atoms with van der Waals surface area (Å²) >= 11 is 0. The average Bonchev–Trinajstić information content (AvgIpc) is 2.77. The van der Waals surface area contributed by atoms with Crippen LogP contribution in [-0.4, -0.2) is 54.8 Å². The third-order valence-corrected chi connectivity index (χ3v) is 3.05. The second-order valence-electron chi connectivity index (χ2n) is 5.90. The van der Waals surface area contributed by atoms with Gasteiger partial charge in [-0.25, -0.2) is 0 Å². The van der Waals surface area contributed by atoms with E-state index in [2.05, 4.69) is 48.4 Å². The Morgan fingerprint density at radius 3 is 1.59 bits per heavy atom.